The van der Waals surface area contributed by atoms with Gasteiger partial charge in [0, 0.05) is 18.2 Å². The van der Waals surface area contributed by atoms with Crippen molar-refractivity contribution in [1.82, 2.24) is 5.48 Å². The molecule has 6 nitrogen and oxygen atoms in total. The van der Waals surface area contributed by atoms with Gasteiger partial charge in [0.05, 0.1) is 13.2 Å². The van der Waals surface area contributed by atoms with Crippen LogP contribution in [0.25, 0.3) is 0 Å². The summed E-state index contributed by atoms with van der Waals surface area (Å²) in [5.41, 5.74) is 3.19. The van der Waals surface area contributed by atoms with Crippen molar-refractivity contribution >= 4 is 11.9 Å². The van der Waals surface area contributed by atoms with Crippen LogP contribution in [0.15, 0.2) is 24.8 Å². The first kappa shape index (κ1) is 19.7. The van der Waals surface area contributed by atoms with Gasteiger partial charge < -0.3 is 14.7 Å². The number of ether oxygens (including phenoxy) is 1. The van der Waals surface area contributed by atoms with Gasteiger partial charge in [-0.1, -0.05) is 20.1 Å². The van der Waals surface area contributed by atoms with Gasteiger partial charge in [-0.05, 0) is 19.8 Å². The summed E-state index contributed by atoms with van der Waals surface area (Å²) in [6.45, 7) is 12.1. The zero-order valence-corrected chi connectivity index (χ0v) is 11.6. The second-order valence-electron chi connectivity index (χ2n) is 3.36. The molecule has 0 spiro atoms. The molecule has 2 N–H and O–H groups in total. The summed E-state index contributed by atoms with van der Waals surface area (Å²) < 4.78 is 4.90. The van der Waals surface area contributed by atoms with Crippen LogP contribution in [0, 0.1) is 0 Å². The third-order valence-electron chi connectivity index (χ3n) is 1.68. The molecule has 110 valence electrons. The van der Waals surface area contributed by atoms with Gasteiger partial charge in [0.15, 0.2) is 0 Å². The summed E-state index contributed by atoms with van der Waals surface area (Å²) in [5.74, 6) is -1.30. The van der Waals surface area contributed by atoms with E-state index in [9.17, 15) is 9.59 Å². The lowest BCUT2D eigenvalue weighted by atomic mass is 10.2. The molecule has 0 heterocycles. The smallest absolute Gasteiger partial charge is 0.333 e. The number of carbonyl (C=O) groups is 2. The van der Waals surface area contributed by atoms with Crippen molar-refractivity contribution in [3.05, 3.63) is 24.8 Å². The molecule has 0 aliphatic heterocycles. The van der Waals surface area contributed by atoms with Crippen LogP contribution < -0.4 is 5.48 Å². The normalized spacial score (nSPS) is 8.95. The van der Waals surface area contributed by atoms with E-state index in [1.807, 2.05) is 13.8 Å². The Hall–Kier alpha value is -1.66. The van der Waals surface area contributed by atoms with Gasteiger partial charge in [-0.15, -0.1) is 0 Å². The predicted octanol–water partition coefficient (Wildman–Crippen LogP) is 1.68. The lowest BCUT2D eigenvalue weighted by Crippen LogP contribution is -2.18. The van der Waals surface area contributed by atoms with Crippen LogP contribution in [-0.4, -0.2) is 36.8 Å². The molecule has 0 bridgehead atoms. The maximum Gasteiger partial charge on any atom is 0.333 e. The second-order valence-corrected chi connectivity index (χ2v) is 3.36. The van der Waals surface area contributed by atoms with E-state index in [0.29, 0.717) is 31.8 Å². The molecule has 0 saturated carbocycles. The zero-order valence-electron chi connectivity index (χ0n) is 11.6. The van der Waals surface area contributed by atoms with Crippen LogP contribution in [0.5, 0.6) is 0 Å². The van der Waals surface area contributed by atoms with Gasteiger partial charge >= 0.3 is 11.9 Å². The summed E-state index contributed by atoms with van der Waals surface area (Å²) in [5, 5.41) is 7.60. The Balaban J connectivity index is 0. The van der Waals surface area contributed by atoms with E-state index in [1.54, 1.807) is 0 Å². The highest BCUT2D eigenvalue weighted by atomic mass is 16.6. The highest BCUT2D eigenvalue weighted by molar-refractivity contribution is 5.87. The van der Waals surface area contributed by atoms with Gasteiger partial charge in [-0.2, -0.15) is 0 Å². The standard InChI is InChI=1S/C10H19NO3.C3H4O2/c1-4-8-13-10(12)9(3)6-7-11-14-5-2;1-2-3(4)5/h11H,3-8H2,1-2H3;2H,1H2,(H,4,5). The van der Waals surface area contributed by atoms with Gasteiger partial charge in [0.2, 0.25) is 0 Å². The summed E-state index contributed by atoms with van der Waals surface area (Å²) in [6, 6.07) is 0. The summed E-state index contributed by atoms with van der Waals surface area (Å²) in [4.78, 5) is 25.3. The number of carbonyl (C=O) groups excluding carboxylic acids is 1. The van der Waals surface area contributed by atoms with Crippen LogP contribution in [0.1, 0.15) is 26.7 Å². The Morgan fingerprint density at radius 1 is 1.37 bits per heavy atom. The minimum Gasteiger partial charge on any atom is -0.478 e. The number of hydrogen-bond donors (Lipinski definition) is 2. The average Bonchev–Trinajstić information content (AvgIpc) is 2.41. The topological polar surface area (TPSA) is 84.9 Å². The van der Waals surface area contributed by atoms with E-state index in [1.165, 1.54) is 0 Å². The molecule has 6 heteroatoms. The number of rotatable bonds is 9. The largest absolute Gasteiger partial charge is 0.478 e. The molecule has 0 aromatic carbocycles. The number of esters is 1. The van der Waals surface area contributed by atoms with Crippen molar-refractivity contribution in [3.8, 4) is 0 Å². The van der Waals surface area contributed by atoms with Crippen LogP contribution in [0.2, 0.25) is 0 Å². The van der Waals surface area contributed by atoms with Gasteiger partial charge in [-0.3, -0.25) is 0 Å². The fraction of sp³-hybridized carbons (Fsp3) is 0.538. The minimum atomic E-state index is -0.981. The molecule has 0 aliphatic carbocycles. The maximum absolute atomic E-state index is 11.2. The lowest BCUT2D eigenvalue weighted by Gasteiger charge is -2.06. The van der Waals surface area contributed by atoms with Crippen molar-refractivity contribution in [2.24, 2.45) is 0 Å². The molecule has 0 rings (SSSR count). The van der Waals surface area contributed by atoms with Crippen LogP contribution in [0.4, 0.5) is 0 Å². The molecule has 0 aromatic heterocycles. The first-order valence-corrected chi connectivity index (χ1v) is 6.04. The summed E-state index contributed by atoms with van der Waals surface area (Å²) in [6.07, 6.45) is 2.21. The van der Waals surface area contributed by atoms with Crippen LogP contribution in [-0.2, 0) is 19.2 Å². The minimum absolute atomic E-state index is 0.315. The molecule has 0 unspecified atom stereocenters. The van der Waals surface area contributed by atoms with E-state index in [0.717, 1.165) is 12.5 Å². The Morgan fingerprint density at radius 3 is 2.37 bits per heavy atom. The SMILES string of the molecule is C=C(CCNOCC)C(=O)OCCC.C=CC(=O)O. The molecular weight excluding hydrogens is 250 g/mol. The molecule has 0 amide bonds. The number of carboxylic acids is 1. The lowest BCUT2D eigenvalue weighted by molar-refractivity contribution is -0.139. The fourth-order valence-corrected chi connectivity index (χ4v) is 0.775. The number of aliphatic carboxylic acids is 1. The molecule has 0 atom stereocenters. The van der Waals surface area contributed by atoms with Crippen molar-refractivity contribution in [3.63, 3.8) is 0 Å². The van der Waals surface area contributed by atoms with E-state index < -0.39 is 5.97 Å². The third kappa shape index (κ3) is 16.3. The van der Waals surface area contributed by atoms with E-state index in [-0.39, 0.29) is 5.97 Å². The Bertz CT molecular complexity index is 289. The number of carboxylic acid groups (broad SMARTS) is 1. The molecule has 0 fully saturated rings. The molecular formula is C13H23NO5. The van der Waals surface area contributed by atoms with E-state index in [4.69, 9.17) is 14.7 Å². The quantitative estimate of drug-likeness (QED) is 0.288. The molecule has 0 aromatic rings. The Labute approximate surface area is 114 Å². The molecule has 0 saturated heterocycles. The Morgan fingerprint density at radius 2 is 1.95 bits per heavy atom. The van der Waals surface area contributed by atoms with Crippen molar-refractivity contribution in [2.75, 3.05) is 19.8 Å². The highest BCUT2D eigenvalue weighted by Gasteiger charge is 2.06. The fourth-order valence-electron chi connectivity index (χ4n) is 0.775. The van der Waals surface area contributed by atoms with Crippen molar-refractivity contribution in [1.29, 1.82) is 0 Å². The number of hydrogen-bond acceptors (Lipinski definition) is 5. The Kier molecular flexibility index (Phi) is 14.9. The van der Waals surface area contributed by atoms with Gasteiger partial charge in [0.25, 0.3) is 0 Å². The monoisotopic (exact) mass is 273 g/mol. The molecule has 0 radical (unpaired) electrons. The van der Waals surface area contributed by atoms with E-state index in [2.05, 4.69) is 18.6 Å². The van der Waals surface area contributed by atoms with Gasteiger partial charge in [-0.25, -0.2) is 15.1 Å². The highest BCUT2D eigenvalue weighted by Crippen LogP contribution is 2.00. The first-order chi connectivity index (χ1) is 8.99. The summed E-state index contributed by atoms with van der Waals surface area (Å²) >= 11 is 0. The summed E-state index contributed by atoms with van der Waals surface area (Å²) in [7, 11) is 0. The number of nitrogens with one attached hydrogen (secondary N) is 1. The third-order valence-corrected chi connectivity index (χ3v) is 1.68. The molecule has 19 heavy (non-hydrogen) atoms. The van der Waals surface area contributed by atoms with Crippen molar-refractivity contribution in [2.45, 2.75) is 26.7 Å². The second kappa shape index (κ2) is 14.4. The zero-order chi connectivity index (χ0) is 15.1. The molecule has 0 aliphatic rings. The average molecular weight is 273 g/mol. The van der Waals surface area contributed by atoms with E-state index >= 15 is 0 Å². The predicted molar refractivity (Wildman–Crippen MR) is 72.5 cm³/mol. The van der Waals surface area contributed by atoms with Crippen LogP contribution >= 0.6 is 0 Å². The van der Waals surface area contributed by atoms with Crippen molar-refractivity contribution < 1.29 is 24.3 Å². The van der Waals surface area contributed by atoms with Crippen LogP contribution in [0.3, 0.4) is 0 Å². The number of hydroxylamine groups is 1. The first-order valence-electron chi connectivity index (χ1n) is 6.04. The maximum atomic E-state index is 11.2. The van der Waals surface area contributed by atoms with Gasteiger partial charge in [0.1, 0.15) is 0 Å².